The average Bonchev–Trinajstić information content (AvgIpc) is 2.80. The van der Waals surface area contributed by atoms with Crippen molar-refractivity contribution in [2.45, 2.75) is 13.8 Å². The fourth-order valence-corrected chi connectivity index (χ4v) is 3.10. The van der Waals surface area contributed by atoms with Crippen molar-refractivity contribution in [1.82, 2.24) is 20.4 Å². The van der Waals surface area contributed by atoms with E-state index in [-0.39, 0.29) is 12.0 Å². The zero-order valence-electron chi connectivity index (χ0n) is 18.4. The van der Waals surface area contributed by atoms with Crippen molar-refractivity contribution in [2.24, 2.45) is 4.99 Å². The number of aliphatic imine (C=N–C) groups is 1. The van der Waals surface area contributed by atoms with Crippen molar-refractivity contribution in [2.75, 3.05) is 58.4 Å². The third kappa shape index (κ3) is 6.76. The van der Waals surface area contributed by atoms with Crippen LogP contribution in [0.5, 0.6) is 0 Å². The molecule has 1 fully saturated rings. The monoisotopic (exact) mass is 434 g/mol. The average molecular weight is 434 g/mol. The number of benzene rings is 1. The minimum absolute atomic E-state index is 0.0816. The van der Waals surface area contributed by atoms with E-state index in [9.17, 15) is 14.4 Å². The normalized spacial score (nSPS) is 13.2. The molecule has 4 amide bonds. The van der Waals surface area contributed by atoms with Crippen LogP contribution in [0.3, 0.4) is 0 Å². The van der Waals surface area contributed by atoms with Gasteiger partial charge in [0.15, 0.2) is 0 Å². The second-order valence-electron chi connectivity index (χ2n) is 6.64. The molecule has 0 radical (unpaired) electrons. The number of ether oxygens (including phenoxy) is 2. The molecule has 11 heteroatoms. The Morgan fingerprint density at radius 1 is 0.935 bits per heavy atom. The van der Waals surface area contributed by atoms with Gasteiger partial charge in [-0.3, -0.25) is 10.6 Å². The van der Waals surface area contributed by atoms with E-state index in [2.05, 4.69) is 30.0 Å². The van der Waals surface area contributed by atoms with Crippen LogP contribution in [0.2, 0.25) is 0 Å². The number of rotatable bonds is 4. The van der Waals surface area contributed by atoms with Crippen LogP contribution in [-0.4, -0.2) is 87.5 Å². The zero-order chi connectivity index (χ0) is 22.8. The molecule has 0 unspecified atom stereocenters. The molecule has 2 N–H and O–H groups in total. The number of hydrogen-bond acceptors (Lipinski definition) is 7. The van der Waals surface area contributed by atoms with Crippen molar-refractivity contribution in [3.8, 4) is 0 Å². The van der Waals surface area contributed by atoms with Gasteiger partial charge in [-0.1, -0.05) is 0 Å². The lowest BCUT2D eigenvalue weighted by Crippen LogP contribution is -2.52. The molecule has 170 valence electrons. The zero-order valence-corrected chi connectivity index (χ0v) is 18.4. The number of urea groups is 1. The Labute approximate surface area is 182 Å². The van der Waals surface area contributed by atoms with E-state index in [0.717, 1.165) is 18.8 Å². The molecule has 0 spiro atoms. The van der Waals surface area contributed by atoms with Gasteiger partial charge in [-0.25, -0.2) is 19.4 Å². The van der Waals surface area contributed by atoms with Gasteiger partial charge in [0.05, 0.1) is 19.9 Å². The Morgan fingerprint density at radius 2 is 1.45 bits per heavy atom. The highest BCUT2D eigenvalue weighted by atomic mass is 16.5. The van der Waals surface area contributed by atoms with Gasteiger partial charge >= 0.3 is 18.2 Å². The van der Waals surface area contributed by atoms with Gasteiger partial charge in [0.2, 0.25) is 5.96 Å². The van der Waals surface area contributed by atoms with Gasteiger partial charge < -0.3 is 24.2 Å². The third-order valence-corrected chi connectivity index (χ3v) is 4.85. The molecule has 1 saturated heterocycles. The van der Waals surface area contributed by atoms with Crippen LogP contribution in [0.4, 0.5) is 25.8 Å². The summed E-state index contributed by atoms with van der Waals surface area (Å²) in [5, 5.41) is 4.63. The standard InChI is InChI=1S/C20H30N6O5/c1-5-24(6-2)20(29)26-13-11-25(12-14-26)16-9-7-15(8-10-16)21-17(22-18(27)30-3)23-19(28)31-4/h7-10H,5-6,11-14H2,1-4H3,(H2,21,22,23,27,28). The summed E-state index contributed by atoms with van der Waals surface area (Å²) < 4.78 is 9.05. The van der Waals surface area contributed by atoms with Crippen LogP contribution >= 0.6 is 0 Å². The highest BCUT2D eigenvalue weighted by molar-refractivity contribution is 6.02. The van der Waals surface area contributed by atoms with Crippen LogP contribution in [0.1, 0.15) is 13.8 Å². The second kappa shape index (κ2) is 11.6. The summed E-state index contributed by atoms with van der Waals surface area (Å²) in [5.74, 6) is -0.116. The molecule has 1 aliphatic rings. The third-order valence-electron chi connectivity index (χ3n) is 4.85. The fourth-order valence-electron chi connectivity index (χ4n) is 3.10. The number of anilines is 1. The van der Waals surface area contributed by atoms with Gasteiger partial charge in [0.1, 0.15) is 0 Å². The maximum Gasteiger partial charge on any atom is 0.413 e. The molecule has 11 nitrogen and oxygen atoms in total. The number of hydrogen-bond donors (Lipinski definition) is 2. The molecular formula is C20H30N6O5. The minimum atomic E-state index is -0.774. The number of carbonyl (C=O) groups excluding carboxylic acids is 3. The molecule has 0 bridgehead atoms. The number of carbonyl (C=O) groups is 3. The summed E-state index contributed by atoms with van der Waals surface area (Å²) in [4.78, 5) is 45.5. The number of methoxy groups -OCH3 is 2. The Bertz CT molecular complexity index is 766. The van der Waals surface area contributed by atoms with Crippen molar-refractivity contribution in [3.63, 3.8) is 0 Å². The molecule has 1 aliphatic heterocycles. The summed E-state index contributed by atoms with van der Waals surface area (Å²) >= 11 is 0. The van der Waals surface area contributed by atoms with Gasteiger partial charge in [0.25, 0.3) is 0 Å². The second-order valence-corrected chi connectivity index (χ2v) is 6.64. The summed E-state index contributed by atoms with van der Waals surface area (Å²) in [5.41, 5.74) is 1.51. The van der Waals surface area contributed by atoms with E-state index in [4.69, 9.17) is 0 Å². The molecule has 1 heterocycles. The van der Waals surface area contributed by atoms with Gasteiger partial charge in [-0.05, 0) is 38.1 Å². The first-order chi connectivity index (χ1) is 14.9. The maximum atomic E-state index is 12.5. The predicted molar refractivity (Wildman–Crippen MR) is 117 cm³/mol. The smallest absolute Gasteiger partial charge is 0.413 e. The van der Waals surface area contributed by atoms with Crippen LogP contribution < -0.4 is 15.5 Å². The molecule has 0 aromatic heterocycles. The number of nitrogens with zero attached hydrogens (tertiary/aromatic N) is 4. The molecule has 2 rings (SSSR count). The molecule has 0 atom stereocenters. The Hall–Kier alpha value is -3.50. The van der Waals surface area contributed by atoms with Gasteiger partial charge in [-0.2, -0.15) is 0 Å². The summed E-state index contributed by atoms with van der Waals surface area (Å²) in [7, 11) is 2.41. The van der Waals surface area contributed by atoms with Crippen LogP contribution in [-0.2, 0) is 9.47 Å². The van der Waals surface area contributed by atoms with Crippen molar-refractivity contribution in [1.29, 1.82) is 0 Å². The minimum Gasteiger partial charge on any atom is -0.453 e. The van der Waals surface area contributed by atoms with Crippen molar-refractivity contribution in [3.05, 3.63) is 24.3 Å². The van der Waals surface area contributed by atoms with E-state index < -0.39 is 12.2 Å². The molecule has 1 aromatic carbocycles. The largest absolute Gasteiger partial charge is 0.453 e. The highest BCUT2D eigenvalue weighted by Crippen LogP contribution is 2.21. The lowest BCUT2D eigenvalue weighted by molar-refractivity contribution is 0.154. The summed E-state index contributed by atoms with van der Waals surface area (Å²) in [6.45, 7) is 8.15. The number of piperazine rings is 1. The molecular weight excluding hydrogens is 404 g/mol. The summed E-state index contributed by atoms with van der Waals surface area (Å²) in [6.07, 6.45) is -1.55. The molecule has 31 heavy (non-hydrogen) atoms. The summed E-state index contributed by atoms with van der Waals surface area (Å²) in [6, 6.07) is 7.41. The van der Waals surface area contributed by atoms with E-state index in [1.165, 1.54) is 14.2 Å². The number of guanidine groups is 1. The molecule has 0 aliphatic carbocycles. The molecule has 1 aromatic rings. The van der Waals surface area contributed by atoms with E-state index in [1.54, 1.807) is 12.1 Å². The first-order valence-electron chi connectivity index (χ1n) is 10.1. The number of amides is 4. The van der Waals surface area contributed by atoms with E-state index in [1.807, 2.05) is 35.8 Å². The first kappa shape index (κ1) is 23.8. The van der Waals surface area contributed by atoms with Gasteiger partial charge in [0, 0.05) is 45.0 Å². The van der Waals surface area contributed by atoms with Crippen molar-refractivity contribution < 1.29 is 23.9 Å². The Morgan fingerprint density at radius 3 is 1.90 bits per heavy atom. The van der Waals surface area contributed by atoms with Crippen LogP contribution in [0.15, 0.2) is 29.3 Å². The van der Waals surface area contributed by atoms with Crippen molar-refractivity contribution >= 4 is 35.6 Å². The number of alkyl carbamates (subject to hydrolysis) is 2. The molecule has 0 saturated carbocycles. The van der Waals surface area contributed by atoms with E-state index in [0.29, 0.717) is 31.9 Å². The highest BCUT2D eigenvalue weighted by Gasteiger charge is 2.24. The first-order valence-corrected chi connectivity index (χ1v) is 10.1. The lowest BCUT2D eigenvalue weighted by Gasteiger charge is -2.38. The Kier molecular flexibility index (Phi) is 8.92. The lowest BCUT2D eigenvalue weighted by atomic mass is 10.2. The van der Waals surface area contributed by atoms with Crippen LogP contribution in [0.25, 0.3) is 0 Å². The predicted octanol–water partition coefficient (Wildman–Crippen LogP) is 1.97. The SMILES string of the molecule is CCN(CC)C(=O)N1CCN(c2ccc(N=C(NC(=O)OC)NC(=O)OC)cc2)CC1. The fraction of sp³-hybridized carbons (Fsp3) is 0.500. The Balaban J connectivity index is 2.02. The number of nitrogens with one attached hydrogen (secondary N) is 2. The van der Waals surface area contributed by atoms with Gasteiger partial charge in [-0.15, -0.1) is 0 Å². The topological polar surface area (TPSA) is 116 Å². The maximum absolute atomic E-state index is 12.5. The van der Waals surface area contributed by atoms with Crippen LogP contribution in [0, 0.1) is 0 Å². The van der Waals surface area contributed by atoms with E-state index >= 15 is 0 Å². The quantitative estimate of drug-likeness (QED) is 0.553.